The van der Waals surface area contributed by atoms with Gasteiger partial charge in [-0.25, -0.2) is 8.42 Å². The van der Waals surface area contributed by atoms with Crippen molar-refractivity contribution < 1.29 is 27.4 Å². The minimum Gasteiger partial charge on any atom is -0.493 e. The molecule has 37 heavy (non-hydrogen) atoms. The number of carbonyl (C=O) groups is 1. The number of methoxy groups -OCH3 is 2. The van der Waals surface area contributed by atoms with Crippen LogP contribution in [0.3, 0.4) is 0 Å². The monoisotopic (exact) mass is 527 g/mol. The van der Waals surface area contributed by atoms with E-state index in [0.717, 1.165) is 37.3 Å². The van der Waals surface area contributed by atoms with E-state index in [4.69, 9.17) is 14.2 Å². The number of benzene rings is 3. The van der Waals surface area contributed by atoms with Crippen molar-refractivity contribution in [2.75, 3.05) is 57.3 Å². The van der Waals surface area contributed by atoms with Gasteiger partial charge in [-0.1, -0.05) is 6.07 Å². The summed E-state index contributed by atoms with van der Waals surface area (Å²) in [5.41, 5.74) is 2.61. The number of rotatable bonds is 13. The Labute approximate surface area is 218 Å². The largest absolute Gasteiger partial charge is 0.493 e. The second-order valence-electron chi connectivity index (χ2n) is 8.52. The molecule has 0 aliphatic carbocycles. The summed E-state index contributed by atoms with van der Waals surface area (Å²) in [7, 11) is 1.94. The summed E-state index contributed by atoms with van der Waals surface area (Å²) in [6, 6.07) is 19.3. The highest BCUT2D eigenvalue weighted by atomic mass is 32.2. The number of carbonyl (C=O) groups excluding carboxylic acids is 1. The van der Waals surface area contributed by atoms with Gasteiger partial charge in [0, 0.05) is 30.0 Å². The molecular formula is C27H33N3O6S. The van der Waals surface area contributed by atoms with Crippen molar-refractivity contribution in [3.8, 4) is 17.2 Å². The summed E-state index contributed by atoms with van der Waals surface area (Å²) < 4.78 is 41.5. The number of hydrogen-bond acceptors (Lipinski definition) is 7. The number of anilines is 2. The fourth-order valence-electron chi connectivity index (χ4n) is 3.53. The van der Waals surface area contributed by atoms with Gasteiger partial charge in [-0.05, 0) is 79.7 Å². The van der Waals surface area contributed by atoms with E-state index in [9.17, 15) is 13.2 Å². The van der Waals surface area contributed by atoms with Crippen LogP contribution in [0.4, 0.5) is 11.4 Å². The number of amides is 1. The number of likely N-dealkylation sites (N-methyl/N-ethyl adjacent to an activating group) is 1. The SMILES string of the molecule is COc1ccc(CCN(C)CCOc2ccc(NC(=O)c3ccc(NS(C)(=O)=O)cc3)cc2)cc1OC. The number of sulfonamides is 1. The van der Waals surface area contributed by atoms with Gasteiger partial charge in [0.05, 0.1) is 20.5 Å². The Hall–Kier alpha value is -3.76. The van der Waals surface area contributed by atoms with Crippen LogP contribution in [0.15, 0.2) is 66.7 Å². The molecule has 3 aromatic rings. The first-order valence-corrected chi connectivity index (χ1v) is 13.6. The molecule has 9 nitrogen and oxygen atoms in total. The molecule has 3 aromatic carbocycles. The number of nitrogens with zero attached hydrogens (tertiary/aromatic N) is 1. The summed E-state index contributed by atoms with van der Waals surface area (Å²) in [5, 5.41) is 2.82. The molecule has 0 spiro atoms. The Morgan fingerprint density at radius 3 is 2.14 bits per heavy atom. The van der Waals surface area contributed by atoms with E-state index in [1.807, 2.05) is 25.2 Å². The van der Waals surface area contributed by atoms with Crippen LogP contribution in [0.25, 0.3) is 0 Å². The standard InChI is InChI=1S/C27H33N3O6S/c1-30(16-15-20-5-14-25(34-2)26(19-20)35-3)17-18-36-24-12-10-22(11-13-24)28-27(31)21-6-8-23(9-7-21)29-37(4,32)33/h5-14,19,29H,15-18H2,1-4H3,(H,28,31). The molecule has 3 rings (SSSR count). The number of ether oxygens (including phenoxy) is 3. The lowest BCUT2D eigenvalue weighted by atomic mass is 10.1. The van der Waals surface area contributed by atoms with E-state index < -0.39 is 10.0 Å². The molecule has 1 amide bonds. The molecule has 0 bridgehead atoms. The minimum absolute atomic E-state index is 0.296. The molecule has 0 fully saturated rings. The Morgan fingerprint density at radius 2 is 1.51 bits per heavy atom. The van der Waals surface area contributed by atoms with Crippen LogP contribution in [-0.2, 0) is 16.4 Å². The summed E-state index contributed by atoms with van der Waals surface area (Å²) in [4.78, 5) is 14.7. The highest BCUT2D eigenvalue weighted by molar-refractivity contribution is 7.92. The van der Waals surface area contributed by atoms with Crippen molar-refractivity contribution in [3.63, 3.8) is 0 Å². The van der Waals surface area contributed by atoms with Gasteiger partial charge in [0.2, 0.25) is 10.0 Å². The van der Waals surface area contributed by atoms with Crippen LogP contribution >= 0.6 is 0 Å². The average Bonchev–Trinajstić information content (AvgIpc) is 2.87. The maximum absolute atomic E-state index is 12.5. The van der Waals surface area contributed by atoms with Crippen molar-refractivity contribution in [2.45, 2.75) is 6.42 Å². The molecule has 0 aliphatic heterocycles. The Kier molecular flexibility index (Phi) is 9.76. The second-order valence-corrected chi connectivity index (χ2v) is 10.3. The smallest absolute Gasteiger partial charge is 0.255 e. The zero-order valence-electron chi connectivity index (χ0n) is 21.5. The van der Waals surface area contributed by atoms with Crippen molar-refractivity contribution >= 4 is 27.3 Å². The molecular weight excluding hydrogens is 494 g/mol. The van der Waals surface area contributed by atoms with Gasteiger partial charge in [-0.3, -0.25) is 9.52 Å². The molecule has 0 saturated heterocycles. The quantitative estimate of drug-likeness (QED) is 0.347. The van der Waals surface area contributed by atoms with Crippen LogP contribution in [0, 0.1) is 0 Å². The van der Waals surface area contributed by atoms with Crippen molar-refractivity contribution in [1.29, 1.82) is 0 Å². The lowest BCUT2D eigenvalue weighted by Gasteiger charge is -2.17. The van der Waals surface area contributed by atoms with E-state index in [-0.39, 0.29) is 5.91 Å². The van der Waals surface area contributed by atoms with E-state index in [1.165, 1.54) is 17.7 Å². The van der Waals surface area contributed by atoms with E-state index in [0.29, 0.717) is 29.3 Å². The zero-order chi connectivity index (χ0) is 26.8. The third kappa shape index (κ3) is 9.00. The molecule has 0 aliphatic rings. The first-order chi connectivity index (χ1) is 17.7. The zero-order valence-corrected chi connectivity index (χ0v) is 22.3. The third-order valence-electron chi connectivity index (χ3n) is 5.53. The summed E-state index contributed by atoms with van der Waals surface area (Å²) >= 11 is 0. The Morgan fingerprint density at radius 1 is 0.865 bits per heavy atom. The van der Waals surface area contributed by atoms with Crippen molar-refractivity contribution in [1.82, 2.24) is 4.90 Å². The maximum atomic E-state index is 12.5. The number of hydrogen-bond donors (Lipinski definition) is 2. The maximum Gasteiger partial charge on any atom is 0.255 e. The molecule has 0 radical (unpaired) electrons. The summed E-state index contributed by atoms with van der Waals surface area (Å²) in [5.74, 6) is 1.86. The normalized spacial score (nSPS) is 11.2. The molecule has 0 aromatic heterocycles. The molecule has 0 unspecified atom stereocenters. The van der Waals surface area contributed by atoms with Gasteiger partial charge in [-0.15, -0.1) is 0 Å². The minimum atomic E-state index is -3.37. The van der Waals surface area contributed by atoms with Crippen molar-refractivity contribution in [2.24, 2.45) is 0 Å². The van der Waals surface area contributed by atoms with Gasteiger partial charge >= 0.3 is 0 Å². The molecule has 0 heterocycles. The van der Waals surface area contributed by atoms with Crippen LogP contribution in [0.1, 0.15) is 15.9 Å². The first kappa shape index (κ1) is 27.8. The van der Waals surface area contributed by atoms with E-state index in [2.05, 4.69) is 14.9 Å². The highest BCUT2D eigenvalue weighted by Gasteiger charge is 2.09. The van der Waals surface area contributed by atoms with Crippen LogP contribution in [-0.4, -0.2) is 66.4 Å². The molecule has 198 valence electrons. The Bertz CT molecular complexity index is 1280. The lowest BCUT2D eigenvalue weighted by Crippen LogP contribution is -2.26. The molecule has 0 atom stereocenters. The third-order valence-corrected chi connectivity index (χ3v) is 6.14. The fourth-order valence-corrected chi connectivity index (χ4v) is 4.09. The van der Waals surface area contributed by atoms with Gasteiger partial charge < -0.3 is 24.4 Å². The predicted octanol–water partition coefficient (Wildman–Crippen LogP) is 3.88. The van der Waals surface area contributed by atoms with Crippen LogP contribution < -0.4 is 24.2 Å². The lowest BCUT2D eigenvalue weighted by molar-refractivity contribution is 0.102. The van der Waals surface area contributed by atoms with E-state index >= 15 is 0 Å². The van der Waals surface area contributed by atoms with Gasteiger partial charge in [0.25, 0.3) is 5.91 Å². The first-order valence-electron chi connectivity index (χ1n) is 11.7. The fraction of sp³-hybridized carbons (Fsp3) is 0.296. The predicted molar refractivity (Wildman–Crippen MR) is 146 cm³/mol. The topological polar surface area (TPSA) is 106 Å². The van der Waals surface area contributed by atoms with Gasteiger partial charge in [0.1, 0.15) is 12.4 Å². The van der Waals surface area contributed by atoms with Crippen molar-refractivity contribution in [3.05, 3.63) is 77.9 Å². The summed E-state index contributed by atoms with van der Waals surface area (Å²) in [6.45, 7) is 2.16. The average molecular weight is 528 g/mol. The number of nitrogens with one attached hydrogen (secondary N) is 2. The molecule has 2 N–H and O–H groups in total. The van der Waals surface area contributed by atoms with Gasteiger partial charge in [-0.2, -0.15) is 0 Å². The summed E-state index contributed by atoms with van der Waals surface area (Å²) in [6.07, 6.45) is 1.95. The second kappa shape index (κ2) is 13.0. The molecule has 0 saturated carbocycles. The van der Waals surface area contributed by atoms with Crippen LogP contribution in [0.2, 0.25) is 0 Å². The highest BCUT2D eigenvalue weighted by Crippen LogP contribution is 2.27. The van der Waals surface area contributed by atoms with E-state index in [1.54, 1.807) is 50.6 Å². The Balaban J connectivity index is 1.41. The molecule has 10 heteroatoms. The van der Waals surface area contributed by atoms with Gasteiger partial charge in [0.15, 0.2) is 11.5 Å². The van der Waals surface area contributed by atoms with Crippen LogP contribution in [0.5, 0.6) is 17.2 Å².